The fraction of sp³-hybridized carbons (Fsp3) is 0.750. The maximum atomic E-state index is 12.1. The molecule has 19 heavy (non-hydrogen) atoms. The van der Waals surface area contributed by atoms with Gasteiger partial charge in [0.05, 0.1) is 5.75 Å². The number of hydrogen-bond donors (Lipinski definition) is 1. The predicted molar refractivity (Wildman–Crippen MR) is 79.8 cm³/mol. The number of thioether (sulfide) groups is 1. The molecule has 1 aromatic rings. The second kappa shape index (κ2) is 7.09. The Morgan fingerprint density at radius 2 is 2.42 bits per heavy atom. The minimum atomic E-state index is 0.219. The van der Waals surface area contributed by atoms with Crippen molar-refractivity contribution in [3.63, 3.8) is 0 Å². The number of piperidine rings is 1. The van der Waals surface area contributed by atoms with Crippen molar-refractivity contribution in [3.05, 3.63) is 0 Å². The Balaban J connectivity index is 1.79. The molecule has 1 aromatic heterocycles. The second-order valence-corrected chi connectivity index (χ2v) is 6.98. The van der Waals surface area contributed by atoms with E-state index >= 15 is 0 Å². The normalized spacial score (nSPS) is 19.5. The molecule has 1 amide bonds. The number of nitrogens with one attached hydrogen (secondary N) is 1. The van der Waals surface area contributed by atoms with Crippen LogP contribution in [-0.4, -0.2) is 46.4 Å². The van der Waals surface area contributed by atoms with Gasteiger partial charge in [0.15, 0.2) is 4.34 Å². The number of likely N-dealkylation sites (tertiary alicyclic amines) is 1. The molecule has 0 bridgehead atoms. The molecule has 1 atom stereocenters. The van der Waals surface area contributed by atoms with Crippen molar-refractivity contribution in [3.8, 4) is 0 Å². The summed E-state index contributed by atoms with van der Waals surface area (Å²) in [6.07, 6.45) is 2.36. The molecular weight excluding hydrogens is 280 g/mol. The van der Waals surface area contributed by atoms with Gasteiger partial charge in [-0.3, -0.25) is 4.79 Å². The SMILES string of the molecule is CCNc1nnc(SCC(=O)N2CCC[C@@H](C)C2)s1. The molecule has 106 valence electrons. The molecule has 5 nitrogen and oxygen atoms in total. The smallest absolute Gasteiger partial charge is 0.233 e. The lowest BCUT2D eigenvalue weighted by Gasteiger charge is -2.30. The van der Waals surface area contributed by atoms with Crippen molar-refractivity contribution in [2.24, 2.45) is 5.92 Å². The van der Waals surface area contributed by atoms with Crippen molar-refractivity contribution >= 4 is 34.1 Å². The molecule has 2 rings (SSSR count). The van der Waals surface area contributed by atoms with E-state index in [1.165, 1.54) is 29.5 Å². The lowest BCUT2D eigenvalue weighted by molar-refractivity contribution is -0.130. The van der Waals surface area contributed by atoms with Gasteiger partial charge < -0.3 is 10.2 Å². The van der Waals surface area contributed by atoms with Gasteiger partial charge in [-0.1, -0.05) is 30.0 Å². The number of hydrogen-bond acceptors (Lipinski definition) is 6. The molecule has 1 fully saturated rings. The number of nitrogens with zero attached hydrogens (tertiary/aromatic N) is 3. The van der Waals surface area contributed by atoms with Crippen molar-refractivity contribution in [1.82, 2.24) is 15.1 Å². The zero-order valence-electron chi connectivity index (χ0n) is 11.4. The molecule has 0 aliphatic carbocycles. The fourth-order valence-electron chi connectivity index (χ4n) is 2.12. The van der Waals surface area contributed by atoms with E-state index in [-0.39, 0.29) is 5.91 Å². The molecule has 0 aromatic carbocycles. The maximum absolute atomic E-state index is 12.1. The second-order valence-electron chi connectivity index (χ2n) is 4.78. The van der Waals surface area contributed by atoms with Crippen LogP contribution in [0.1, 0.15) is 26.7 Å². The summed E-state index contributed by atoms with van der Waals surface area (Å²) in [4.78, 5) is 14.1. The zero-order valence-corrected chi connectivity index (χ0v) is 13.0. The minimum absolute atomic E-state index is 0.219. The third-order valence-electron chi connectivity index (χ3n) is 3.06. The van der Waals surface area contributed by atoms with Gasteiger partial charge in [0.25, 0.3) is 0 Å². The Hall–Kier alpha value is -0.820. The van der Waals surface area contributed by atoms with Crippen LogP contribution in [0.3, 0.4) is 0 Å². The maximum Gasteiger partial charge on any atom is 0.233 e. The van der Waals surface area contributed by atoms with Gasteiger partial charge in [-0.05, 0) is 25.7 Å². The topological polar surface area (TPSA) is 58.1 Å². The summed E-state index contributed by atoms with van der Waals surface area (Å²) in [5, 5.41) is 12.0. The summed E-state index contributed by atoms with van der Waals surface area (Å²) in [5.41, 5.74) is 0. The lowest BCUT2D eigenvalue weighted by Crippen LogP contribution is -2.40. The number of aromatic nitrogens is 2. The van der Waals surface area contributed by atoms with Gasteiger partial charge in [0.2, 0.25) is 11.0 Å². The van der Waals surface area contributed by atoms with Crippen LogP contribution in [-0.2, 0) is 4.79 Å². The first-order valence-electron chi connectivity index (χ1n) is 6.67. The number of carbonyl (C=O) groups excluding carboxylic acids is 1. The molecule has 0 unspecified atom stereocenters. The number of carbonyl (C=O) groups is 1. The summed E-state index contributed by atoms with van der Waals surface area (Å²) in [5.74, 6) is 1.31. The number of amides is 1. The highest BCUT2D eigenvalue weighted by Gasteiger charge is 2.21. The van der Waals surface area contributed by atoms with Crippen LogP contribution in [0.25, 0.3) is 0 Å². The van der Waals surface area contributed by atoms with E-state index in [4.69, 9.17) is 0 Å². The van der Waals surface area contributed by atoms with E-state index in [0.29, 0.717) is 11.7 Å². The third-order valence-corrected chi connectivity index (χ3v) is 5.06. The zero-order chi connectivity index (χ0) is 13.7. The Bertz CT molecular complexity index is 424. The highest BCUT2D eigenvalue weighted by atomic mass is 32.2. The highest BCUT2D eigenvalue weighted by Crippen LogP contribution is 2.26. The first-order valence-corrected chi connectivity index (χ1v) is 8.47. The Labute approximate surface area is 122 Å². The summed E-state index contributed by atoms with van der Waals surface area (Å²) in [6.45, 7) is 6.87. The van der Waals surface area contributed by atoms with Gasteiger partial charge in [0.1, 0.15) is 0 Å². The molecule has 0 saturated carbocycles. The average Bonchev–Trinajstić information content (AvgIpc) is 2.84. The van der Waals surface area contributed by atoms with E-state index in [1.807, 2.05) is 11.8 Å². The quantitative estimate of drug-likeness (QED) is 0.846. The summed E-state index contributed by atoms with van der Waals surface area (Å²) < 4.78 is 0.856. The van der Waals surface area contributed by atoms with Crippen LogP contribution in [0, 0.1) is 5.92 Å². The van der Waals surface area contributed by atoms with E-state index in [0.717, 1.165) is 35.5 Å². The van der Waals surface area contributed by atoms with E-state index in [9.17, 15) is 4.79 Å². The average molecular weight is 300 g/mol. The van der Waals surface area contributed by atoms with Crippen molar-refractivity contribution in [2.45, 2.75) is 31.0 Å². The molecule has 0 radical (unpaired) electrons. The monoisotopic (exact) mass is 300 g/mol. The van der Waals surface area contributed by atoms with Crippen molar-refractivity contribution in [1.29, 1.82) is 0 Å². The summed E-state index contributed by atoms with van der Waals surface area (Å²) in [6, 6.07) is 0. The summed E-state index contributed by atoms with van der Waals surface area (Å²) >= 11 is 2.99. The first-order chi connectivity index (χ1) is 9.19. The fourth-order valence-corrected chi connectivity index (χ4v) is 3.84. The Morgan fingerprint density at radius 3 is 3.16 bits per heavy atom. The van der Waals surface area contributed by atoms with Gasteiger partial charge in [-0.25, -0.2) is 0 Å². The van der Waals surface area contributed by atoms with Gasteiger partial charge in [0, 0.05) is 19.6 Å². The van der Waals surface area contributed by atoms with Gasteiger partial charge in [-0.15, -0.1) is 10.2 Å². The number of rotatable bonds is 5. The largest absolute Gasteiger partial charge is 0.360 e. The highest BCUT2D eigenvalue weighted by molar-refractivity contribution is 8.01. The molecule has 1 aliphatic rings. The van der Waals surface area contributed by atoms with Crippen LogP contribution in [0.2, 0.25) is 0 Å². The van der Waals surface area contributed by atoms with Crippen LogP contribution in [0.4, 0.5) is 5.13 Å². The minimum Gasteiger partial charge on any atom is -0.360 e. The molecule has 1 saturated heterocycles. The van der Waals surface area contributed by atoms with E-state index in [1.54, 1.807) is 0 Å². The third kappa shape index (κ3) is 4.35. The van der Waals surface area contributed by atoms with Gasteiger partial charge >= 0.3 is 0 Å². The standard InChI is InChI=1S/C12H20N4OS2/c1-3-13-11-14-15-12(19-11)18-8-10(17)16-6-4-5-9(2)7-16/h9H,3-8H2,1-2H3,(H,13,14)/t9-/m1/s1. The lowest BCUT2D eigenvalue weighted by atomic mass is 10.0. The van der Waals surface area contributed by atoms with Crippen LogP contribution in [0.5, 0.6) is 0 Å². The summed E-state index contributed by atoms with van der Waals surface area (Å²) in [7, 11) is 0. The van der Waals surface area contributed by atoms with Crippen molar-refractivity contribution < 1.29 is 4.79 Å². The Kier molecular flexibility index (Phi) is 5.45. The Morgan fingerprint density at radius 1 is 1.58 bits per heavy atom. The van der Waals surface area contributed by atoms with Crippen LogP contribution in [0.15, 0.2) is 4.34 Å². The van der Waals surface area contributed by atoms with E-state index in [2.05, 4.69) is 22.4 Å². The number of anilines is 1. The molecule has 2 heterocycles. The van der Waals surface area contributed by atoms with Crippen LogP contribution < -0.4 is 5.32 Å². The van der Waals surface area contributed by atoms with Crippen molar-refractivity contribution in [2.75, 3.05) is 30.7 Å². The molecular formula is C12H20N4OS2. The predicted octanol–water partition coefficient (Wildman–Crippen LogP) is 2.32. The van der Waals surface area contributed by atoms with E-state index < -0.39 is 0 Å². The molecule has 7 heteroatoms. The molecule has 0 spiro atoms. The first kappa shape index (κ1) is 14.6. The van der Waals surface area contributed by atoms with Crippen LogP contribution >= 0.6 is 23.1 Å². The van der Waals surface area contributed by atoms with Gasteiger partial charge in [-0.2, -0.15) is 0 Å². The molecule has 1 N–H and O–H groups in total. The molecule has 1 aliphatic heterocycles.